The molecule has 0 atom stereocenters. The van der Waals surface area contributed by atoms with Crippen LogP contribution in [0.1, 0.15) is 5.56 Å². The Kier molecular flexibility index (Phi) is 3.57. The van der Waals surface area contributed by atoms with E-state index in [1.54, 1.807) is 18.3 Å². The highest BCUT2D eigenvalue weighted by Crippen LogP contribution is 2.17. The Morgan fingerprint density at radius 2 is 2.22 bits per heavy atom. The van der Waals surface area contributed by atoms with E-state index >= 15 is 0 Å². The summed E-state index contributed by atoms with van der Waals surface area (Å²) in [5.41, 5.74) is 0.678. The SMILES string of the molecule is COc1ccnc(NCc2ccc(O)c(F)c2)n1. The summed E-state index contributed by atoms with van der Waals surface area (Å²) in [6.07, 6.45) is 1.56. The van der Waals surface area contributed by atoms with Crippen LogP contribution in [0.5, 0.6) is 11.6 Å². The Hall–Kier alpha value is -2.37. The minimum absolute atomic E-state index is 0.352. The van der Waals surface area contributed by atoms with Crippen LogP contribution < -0.4 is 10.1 Å². The molecule has 94 valence electrons. The van der Waals surface area contributed by atoms with E-state index < -0.39 is 5.82 Å². The summed E-state index contributed by atoms with van der Waals surface area (Å²) < 4.78 is 18.1. The third-order valence-corrected chi connectivity index (χ3v) is 2.30. The molecule has 2 aromatic rings. The quantitative estimate of drug-likeness (QED) is 0.866. The van der Waals surface area contributed by atoms with Crippen molar-refractivity contribution in [1.29, 1.82) is 0 Å². The van der Waals surface area contributed by atoms with E-state index in [1.807, 2.05) is 0 Å². The van der Waals surface area contributed by atoms with E-state index in [9.17, 15) is 4.39 Å². The average molecular weight is 249 g/mol. The Morgan fingerprint density at radius 1 is 1.39 bits per heavy atom. The summed E-state index contributed by atoms with van der Waals surface area (Å²) in [6.45, 7) is 0.352. The highest BCUT2D eigenvalue weighted by atomic mass is 19.1. The van der Waals surface area contributed by atoms with E-state index in [-0.39, 0.29) is 5.75 Å². The third-order valence-electron chi connectivity index (χ3n) is 2.30. The Morgan fingerprint density at radius 3 is 2.94 bits per heavy atom. The van der Waals surface area contributed by atoms with Crippen LogP contribution >= 0.6 is 0 Å². The van der Waals surface area contributed by atoms with E-state index in [4.69, 9.17) is 9.84 Å². The van der Waals surface area contributed by atoms with Crippen molar-refractivity contribution in [3.8, 4) is 11.6 Å². The van der Waals surface area contributed by atoms with Crippen molar-refractivity contribution < 1.29 is 14.2 Å². The summed E-state index contributed by atoms with van der Waals surface area (Å²) in [4.78, 5) is 8.06. The van der Waals surface area contributed by atoms with Crippen LogP contribution in [-0.2, 0) is 6.54 Å². The third kappa shape index (κ3) is 2.85. The second kappa shape index (κ2) is 5.31. The largest absolute Gasteiger partial charge is 0.505 e. The van der Waals surface area contributed by atoms with Crippen LogP contribution in [0, 0.1) is 5.82 Å². The van der Waals surface area contributed by atoms with Crippen LogP contribution in [0.25, 0.3) is 0 Å². The van der Waals surface area contributed by atoms with Crippen molar-refractivity contribution >= 4 is 5.95 Å². The van der Waals surface area contributed by atoms with Gasteiger partial charge in [0.1, 0.15) is 0 Å². The fraction of sp³-hybridized carbons (Fsp3) is 0.167. The molecular weight excluding hydrogens is 237 g/mol. The number of nitrogens with one attached hydrogen (secondary N) is 1. The summed E-state index contributed by atoms with van der Waals surface area (Å²) in [6, 6.07) is 5.80. The van der Waals surface area contributed by atoms with Gasteiger partial charge in [-0.2, -0.15) is 4.98 Å². The van der Waals surface area contributed by atoms with Crippen molar-refractivity contribution in [2.24, 2.45) is 0 Å². The molecule has 1 aromatic heterocycles. The van der Waals surface area contributed by atoms with Crippen molar-refractivity contribution in [3.63, 3.8) is 0 Å². The normalized spacial score (nSPS) is 10.1. The molecule has 0 saturated heterocycles. The smallest absolute Gasteiger partial charge is 0.226 e. The lowest BCUT2D eigenvalue weighted by molar-refractivity contribution is 0.397. The van der Waals surface area contributed by atoms with E-state index in [0.29, 0.717) is 23.9 Å². The van der Waals surface area contributed by atoms with Gasteiger partial charge in [-0.15, -0.1) is 0 Å². The fourth-order valence-electron chi connectivity index (χ4n) is 1.38. The maximum Gasteiger partial charge on any atom is 0.226 e. The first-order valence-electron chi connectivity index (χ1n) is 5.27. The van der Waals surface area contributed by atoms with Gasteiger partial charge in [-0.1, -0.05) is 6.07 Å². The van der Waals surface area contributed by atoms with E-state index in [1.165, 1.54) is 19.2 Å². The summed E-state index contributed by atoms with van der Waals surface area (Å²) >= 11 is 0. The summed E-state index contributed by atoms with van der Waals surface area (Å²) in [5.74, 6) is -0.176. The lowest BCUT2D eigenvalue weighted by Crippen LogP contribution is -2.04. The Balaban J connectivity index is 2.04. The van der Waals surface area contributed by atoms with Gasteiger partial charge in [0.05, 0.1) is 7.11 Å². The van der Waals surface area contributed by atoms with Gasteiger partial charge >= 0.3 is 0 Å². The fourth-order valence-corrected chi connectivity index (χ4v) is 1.38. The zero-order valence-corrected chi connectivity index (χ0v) is 9.72. The number of phenols is 1. The second-order valence-corrected chi connectivity index (χ2v) is 3.56. The molecule has 18 heavy (non-hydrogen) atoms. The number of anilines is 1. The first kappa shape index (κ1) is 12.1. The molecule has 0 spiro atoms. The second-order valence-electron chi connectivity index (χ2n) is 3.56. The predicted octanol–water partition coefficient (Wildman–Crippen LogP) is 1.94. The molecule has 0 radical (unpaired) electrons. The Labute approximate surface area is 103 Å². The van der Waals surface area contributed by atoms with Gasteiger partial charge in [-0.25, -0.2) is 9.37 Å². The van der Waals surface area contributed by atoms with Crippen LogP contribution in [0.15, 0.2) is 30.5 Å². The highest BCUT2D eigenvalue weighted by Gasteiger charge is 2.03. The number of aromatic hydroxyl groups is 1. The molecule has 5 nitrogen and oxygen atoms in total. The molecule has 0 unspecified atom stereocenters. The maximum absolute atomic E-state index is 13.1. The average Bonchev–Trinajstić information content (AvgIpc) is 2.40. The number of hydrogen-bond acceptors (Lipinski definition) is 5. The number of hydrogen-bond donors (Lipinski definition) is 2. The van der Waals surface area contributed by atoms with Crippen molar-refractivity contribution in [3.05, 3.63) is 41.8 Å². The van der Waals surface area contributed by atoms with Gasteiger partial charge in [-0.3, -0.25) is 0 Å². The van der Waals surface area contributed by atoms with Gasteiger partial charge < -0.3 is 15.2 Å². The zero-order valence-electron chi connectivity index (χ0n) is 9.72. The van der Waals surface area contributed by atoms with Gasteiger partial charge in [0.25, 0.3) is 0 Å². The van der Waals surface area contributed by atoms with Crippen molar-refractivity contribution in [1.82, 2.24) is 9.97 Å². The molecule has 0 bridgehead atoms. The molecule has 6 heteroatoms. The lowest BCUT2D eigenvalue weighted by atomic mass is 10.2. The maximum atomic E-state index is 13.1. The monoisotopic (exact) mass is 249 g/mol. The first-order chi connectivity index (χ1) is 8.69. The highest BCUT2D eigenvalue weighted by molar-refractivity contribution is 5.32. The standard InChI is InChI=1S/C12H12FN3O2/c1-18-11-4-5-14-12(16-11)15-7-8-2-3-10(17)9(13)6-8/h2-6,17H,7H2,1H3,(H,14,15,16). The van der Waals surface area contributed by atoms with Crippen molar-refractivity contribution in [2.45, 2.75) is 6.54 Å². The predicted molar refractivity (Wildman–Crippen MR) is 64.0 cm³/mol. The van der Waals surface area contributed by atoms with Crippen LogP contribution in [0.2, 0.25) is 0 Å². The van der Waals surface area contributed by atoms with Crippen molar-refractivity contribution in [2.75, 3.05) is 12.4 Å². The molecule has 0 amide bonds. The topological polar surface area (TPSA) is 67.3 Å². The number of methoxy groups -OCH3 is 1. The molecule has 2 N–H and O–H groups in total. The van der Waals surface area contributed by atoms with Gasteiger partial charge in [0.2, 0.25) is 11.8 Å². The molecular formula is C12H12FN3O2. The van der Waals surface area contributed by atoms with Crippen LogP contribution in [0.4, 0.5) is 10.3 Å². The minimum Gasteiger partial charge on any atom is -0.505 e. The molecule has 1 aromatic carbocycles. The molecule has 0 aliphatic heterocycles. The van der Waals surface area contributed by atoms with Gasteiger partial charge in [0.15, 0.2) is 11.6 Å². The number of ether oxygens (including phenoxy) is 1. The molecule has 0 fully saturated rings. The number of nitrogens with zero attached hydrogens (tertiary/aromatic N) is 2. The zero-order chi connectivity index (χ0) is 13.0. The molecule has 0 aliphatic carbocycles. The Bertz CT molecular complexity index is 549. The van der Waals surface area contributed by atoms with E-state index in [2.05, 4.69) is 15.3 Å². The van der Waals surface area contributed by atoms with E-state index in [0.717, 1.165) is 0 Å². The van der Waals surface area contributed by atoms with Crippen LogP contribution in [-0.4, -0.2) is 22.2 Å². The molecule has 0 aliphatic rings. The lowest BCUT2D eigenvalue weighted by Gasteiger charge is -2.06. The number of halogens is 1. The van der Waals surface area contributed by atoms with Gasteiger partial charge in [0, 0.05) is 18.8 Å². The summed E-state index contributed by atoms with van der Waals surface area (Å²) in [5, 5.41) is 12.0. The first-order valence-corrected chi connectivity index (χ1v) is 5.27. The number of benzene rings is 1. The summed E-state index contributed by atoms with van der Waals surface area (Å²) in [7, 11) is 1.52. The van der Waals surface area contributed by atoms with Crippen LogP contribution in [0.3, 0.4) is 0 Å². The molecule has 1 heterocycles. The molecule has 2 rings (SSSR count). The van der Waals surface area contributed by atoms with Gasteiger partial charge in [-0.05, 0) is 17.7 Å². The minimum atomic E-state index is -0.652. The number of phenolic OH excluding ortho intramolecular Hbond substituents is 1. The number of aromatic nitrogens is 2. The number of rotatable bonds is 4. The molecule has 0 saturated carbocycles.